The van der Waals surface area contributed by atoms with Gasteiger partial charge in [-0.25, -0.2) is 4.98 Å². The van der Waals surface area contributed by atoms with Crippen LogP contribution in [0.4, 0.5) is 0 Å². The van der Waals surface area contributed by atoms with Gasteiger partial charge in [-0.3, -0.25) is 4.79 Å². The maximum absolute atomic E-state index is 13.6. The minimum atomic E-state index is -0.147. The lowest BCUT2D eigenvalue weighted by Crippen LogP contribution is -2.37. The monoisotopic (exact) mass is 589 g/mol. The average Bonchev–Trinajstić information content (AvgIpc) is 3.40. The molecule has 1 amide bonds. The van der Waals surface area contributed by atoms with Crippen molar-refractivity contribution >= 4 is 38.5 Å². The fourth-order valence-electron chi connectivity index (χ4n) is 7.86. The number of nitrogens with zero attached hydrogens (tertiary/aromatic N) is 4. The molecule has 1 aliphatic heterocycles. The Bertz CT molecular complexity index is 1620. The van der Waals surface area contributed by atoms with Crippen molar-refractivity contribution in [1.82, 2.24) is 19.0 Å². The second-order valence-electron chi connectivity index (χ2n) is 12.8. The van der Waals surface area contributed by atoms with Crippen LogP contribution in [0.5, 0.6) is 5.75 Å². The largest absolute Gasteiger partial charge is 0.494 e. The van der Waals surface area contributed by atoms with Gasteiger partial charge in [0, 0.05) is 31.7 Å². The summed E-state index contributed by atoms with van der Waals surface area (Å²) in [6.07, 6.45) is 9.84. The fraction of sp³-hybridized carbons (Fsp3) is 0.576. The topological polar surface area (TPSA) is 98.5 Å². The number of fused-ring (bicyclic) bond motifs is 4. The van der Waals surface area contributed by atoms with Crippen molar-refractivity contribution in [3.63, 3.8) is 0 Å². The Hall–Kier alpha value is -2.88. The van der Waals surface area contributed by atoms with Gasteiger partial charge in [0.05, 0.1) is 34.6 Å². The molecule has 224 valence electrons. The zero-order chi connectivity index (χ0) is 29.1. The van der Waals surface area contributed by atoms with E-state index in [9.17, 15) is 9.90 Å². The van der Waals surface area contributed by atoms with Crippen LogP contribution in [0.3, 0.4) is 0 Å². The number of carbonyl (C=O) groups excluding carboxylic acids is 1. The lowest BCUT2D eigenvalue weighted by Gasteiger charge is -2.27. The zero-order valence-corrected chi connectivity index (χ0v) is 25.8. The van der Waals surface area contributed by atoms with Crippen molar-refractivity contribution in [3.05, 3.63) is 34.7 Å². The van der Waals surface area contributed by atoms with Gasteiger partial charge in [0.1, 0.15) is 11.3 Å². The van der Waals surface area contributed by atoms with Gasteiger partial charge in [0.2, 0.25) is 0 Å². The van der Waals surface area contributed by atoms with Crippen LogP contribution in [-0.4, -0.2) is 62.9 Å². The number of aryl methyl sites for hydroxylation is 1. The van der Waals surface area contributed by atoms with E-state index in [1.165, 1.54) is 42.1 Å². The van der Waals surface area contributed by atoms with E-state index in [0.29, 0.717) is 29.2 Å². The number of hydrogen-bond donors (Lipinski definition) is 2. The number of nitrogens with two attached hydrogens (primary N) is 1. The first kappa shape index (κ1) is 27.9. The highest BCUT2D eigenvalue weighted by Gasteiger charge is 2.40. The van der Waals surface area contributed by atoms with Gasteiger partial charge in [0.15, 0.2) is 5.82 Å². The number of hydrogen-bond acceptors (Lipinski definition) is 6. The molecule has 0 unspecified atom stereocenters. The van der Waals surface area contributed by atoms with Crippen molar-refractivity contribution in [2.75, 3.05) is 20.7 Å². The van der Waals surface area contributed by atoms with Gasteiger partial charge in [-0.1, -0.05) is 0 Å². The molecule has 3 saturated carbocycles. The normalized spacial score (nSPS) is 25.3. The molecule has 2 bridgehead atoms. The van der Waals surface area contributed by atoms with Crippen molar-refractivity contribution < 1.29 is 14.6 Å². The number of benzene rings is 1. The summed E-state index contributed by atoms with van der Waals surface area (Å²) in [6.45, 7) is 1.89. The van der Waals surface area contributed by atoms with Crippen LogP contribution in [0.1, 0.15) is 79.6 Å². The van der Waals surface area contributed by atoms with Gasteiger partial charge >= 0.3 is 0 Å². The SMILES string of the molecule is CN.COc1cc(C(=O)N2C[C@H]3CC[C@@H]2C3)cc2nc(-c3cc4scc(C5CCC(O)CC5)c4n3CC3CC3)n(C)c12. The van der Waals surface area contributed by atoms with E-state index in [0.717, 1.165) is 80.1 Å². The molecule has 4 aliphatic rings. The number of ether oxygens (including phenoxy) is 1. The van der Waals surface area contributed by atoms with Gasteiger partial charge in [0.25, 0.3) is 5.91 Å². The van der Waals surface area contributed by atoms with Crippen molar-refractivity contribution in [2.24, 2.45) is 24.6 Å². The van der Waals surface area contributed by atoms with E-state index in [4.69, 9.17) is 9.72 Å². The molecule has 3 N–H and O–H groups in total. The van der Waals surface area contributed by atoms with Gasteiger partial charge in [-0.05, 0) is 112 Å². The number of aliphatic hydroxyl groups excluding tert-OH is 1. The first-order valence-corrected chi connectivity index (χ1v) is 16.6. The molecule has 4 aromatic rings. The number of piperidine rings is 1. The summed E-state index contributed by atoms with van der Waals surface area (Å²) >= 11 is 1.84. The highest BCUT2D eigenvalue weighted by atomic mass is 32.1. The Morgan fingerprint density at radius 1 is 1.07 bits per heavy atom. The first-order chi connectivity index (χ1) is 20.5. The van der Waals surface area contributed by atoms with Crippen molar-refractivity contribution in [2.45, 2.75) is 82.4 Å². The van der Waals surface area contributed by atoms with E-state index in [-0.39, 0.29) is 12.0 Å². The molecule has 8 rings (SSSR count). The first-order valence-electron chi connectivity index (χ1n) is 15.7. The highest BCUT2D eigenvalue weighted by Crippen LogP contribution is 2.45. The smallest absolute Gasteiger partial charge is 0.254 e. The molecule has 8 nitrogen and oxygen atoms in total. The molecule has 3 aliphatic carbocycles. The second-order valence-corrected chi connectivity index (χ2v) is 13.7. The van der Waals surface area contributed by atoms with E-state index in [1.807, 2.05) is 23.5 Å². The van der Waals surface area contributed by atoms with E-state index < -0.39 is 0 Å². The van der Waals surface area contributed by atoms with E-state index >= 15 is 0 Å². The molecule has 9 heteroatoms. The van der Waals surface area contributed by atoms with Gasteiger partial charge in [-0.2, -0.15) is 0 Å². The Morgan fingerprint density at radius 3 is 2.52 bits per heavy atom. The molecule has 0 radical (unpaired) electrons. The van der Waals surface area contributed by atoms with Crippen LogP contribution in [0.2, 0.25) is 0 Å². The fourth-order valence-corrected chi connectivity index (χ4v) is 8.94. The minimum Gasteiger partial charge on any atom is -0.494 e. The Kier molecular flexibility index (Phi) is 7.31. The lowest BCUT2D eigenvalue weighted by molar-refractivity contribution is 0.0703. The summed E-state index contributed by atoms with van der Waals surface area (Å²) in [5, 5.41) is 12.5. The van der Waals surface area contributed by atoms with Crippen LogP contribution in [-0.2, 0) is 13.6 Å². The van der Waals surface area contributed by atoms with Gasteiger partial charge in [-0.15, -0.1) is 11.3 Å². The predicted octanol–water partition coefficient (Wildman–Crippen LogP) is 5.89. The van der Waals surface area contributed by atoms with Gasteiger partial charge < -0.3 is 29.6 Å². The number of likely N-dealkylation sites (tertiary alicyclic amines) is 1. The maximum atomic E-state index is 13.6. The van der Waals surface area contributed by atoms with Crippen LogP contribution in [0.15, 0.2) is 23.6 Å². The molecule has 3 aromatic heterocycles. The number of imidazole rings is 1. The Balaban J connectivity index is 0.00000141. The molecule has 1 aromatic carbocycles. The third-order valence-electron chi connectivity index (χ3n) is 10.2. The third-order valence-corrected chi connectivity index (χ3v) is 11.2. The molecule has 1 saturated heterocycles. The van der Waals surface area contributed by atoms with E-state index in [1.54, 1.807) is 7.11 Å². The van der Waals surface area contributed by atoms with Crippen LogP contribution >= 0.6 is 11.3 Å². The zero-order valence-electron chi connectivity index (χ0n) is 25.0. The molecule has 2 atom stereocenters. The number of thiophene rings is 1. The number of amides is 1. The van der Waals surface area contributed by atoms with E-state index in [2.05, 4.69) is 38.3 Å². The summed E-state index contributed by atoms with van der Waals surface area (Å²) in [5.74, 6) is 3.63. The summed E-state index contributed by atoms with van der Waals surface area (Å²) in [6, 6.07) is 6.60. The molecule has 4 heterocycles. The molecule has 42 heavy (non-hydrogen) atoms. The standard InChI is InChI=1S/C32H38N4O3S.CH5N/c1-34-30-25(12-21(13-27(30)39-2)32(38)35-16-19-5-8-22(35)11-19)33-31(34)26-14-28-29(36(26)15-18-3-4-18)24(17-40-28)20-6-9-23(37)10-7-20;1-2/h12-14,17-20,22-23,37H,3-11,15-16H2,1-2H3;2H2,1H3/t19-,20?,22+,23?;/m0./s1. The number of aromatic nitrogens is 3. The number of methoxy groups -OCH3 is 1. The predicted molar refractivity (Wildman–Crippen MR) is 168 cm³/mol. The Morgan fingerprint density at radius 2 is 1.86 bits per heavy atom. The highest BCUT2D eigenvalue weighted by molar-refractivity contribution is 7.17. The van der Waals surface area contributed by atoms with Crippen LogP contribution < -0.4 is 10.5 Å². The van der Waals surface area contributed by atoms with Crippen LogP contribution in [0, 0.1) is 11.8 Å². The number of rotatable bonds is 6. The maximum Gasteiger partial charge on any atom is 0.254 e. The number of aliphatic hydroxyl groups is 1. The minimum absolute atomic E-state index is 0.111. The lowest BCUT2D eigenvalue weighted by atomic mass is 9.83. The quantitative estimate of drug-likeness (QED) is 0.292. The molecular formula is C33H43N5O3S. The molecule has 0 spiro atoms. The van der Waals surface area contributed by atoms with Crippen LogP contribution in [0.25, 0.3) is 32.8 Å². The number of carbonyl (C=O) groups is 1. The summed E-state index contributed by atoms with van der Waals surface area (Å²) < 4.78 is 11.9. The summed E-state index contributed by atoms with van der Waals surface area (Å²) in [7, 11) is 5.26. The Labute approximate surface area is 251 Å². The molecular weight excluding hydrogens is 546 g/mol. The molecule has 4 fully saturated rings. The van der Waals surface area contributed by atoms with Crippen molar-refractivity contribution in [1.29, 1.82) is 0 Å². The third kappa shape index (κ3) is 4.64. The summed E-state index contributed by atoms with van der Waals surface area (Å²) in [4.78, 5) is 20.9. The average molecular weight is 590 g/mol. The second kappa shape index (κ2) is 11.0. The summed E-state index contributed by atoms with van der Waals surface area (Å²) in [5.41, 5.74) is 10.9. The van der Waals surface area contributed by atoms with Crippen molar-refractivity contribution in [3.8, 4) is 17.3 Å².